The number of aryl methyl sites for hydroxylation is 2. The van der Waals surface area contributed by atoms with E-state index < -0.39 is 0 Å². The van der Waals surface area contributed by atoms with Gasteiger partial charge in [0.2, 0.25) is 0 Å². The Balaban J connectivity index is 1.82. The summed E-state index contributed by atoms with van der Waals surface area (Å²) in [6.07, 6.45) is 1.65. The molecule has 21 heavy (non-hydrogen) atoms. The summed E-state index contributed by atoms with van der Waals surface area (Å²) in [6.45, 7) is 4.76. The molecule has 3 nitrogen and oxygen atoms in total. The van der Waals surface area contributed by atoms with E-state index in [9.17, 15) is 0 Å². The van der Waals surface area contributed by atoms with Crippen molar-refractivity contribution in [3.8, 4) is 5.75 Å². The Morgan fingerprint density at radius 1 is 1.10 bits per heavy atom. The zero-order chi connectivity index (χ0) is 14.8. The largest absolute Gasteiger partial charge is 0.489 e. The second kappa shape index (κ2) is 5.60. The fourth-order valence-corrected chi connectivity index (χ4v) is 3.02. The Kier molecular flexibility index (Phi) is 3.65. The van der Waals surface area contributed by atoms with Crippen LogP contribution in [0.2, 0.25) is 0 Å². The van der Waals surface area contributed by atoms with Gasteiger partial charge in [-0.3, -0.25) is 0 Å². The molecule has 0 unspecified atom stereocenters. The van der Waals surface area contributed by atoms with Gasteiger partial charge in [-0.25, -0.2) is 0 Å². The van der Waals surface area contributed by atoms with Crippen LogP contribution in [0.4, 0.5) is 0 Å². The maximum absolute atomic E-state index is 9.02. The zero-order valence-electron chi connectivity index (χ0n) is 12.4. The summed E-state index contributed by atoms with van der Waals surface area (Å²) in [7, 11) is 0. The molecular weight excluding hydrogens is 262 g/mol. The molecule has 0 aromatic heterocycles. The number of benzene rings is 2. The highest BCUT2D eigenvalue weighted by Gasteiger charge is 2.21. The maximum atomic E-state index is 9.02. The molecule has 0 spiro atoms. The summed E-state index contributed by atoms with van der Waals surface area (Å²) in [5, 5.41) is 12.4. The topological polar surface area (TPSA) is 41.8 Å². The smallest absolute Gasteiger partial charge is 0.123 e. The molecule has 0 amide bonds. The van der Waals surface area contributed by atoms with Gasteiger partial charge in [-0.2, -0.15) is 0 Å². The van der Waals surface area contributed by atoms with Crippen molar-refractivity contribution in [2.24, 2.45) is 5.16 Å². The van der Waals surface area contributed by atoms with Crippen LogP contribution < -0.4 is 4.74 Å². The van der Waals surface area contributed by atoms with Gasteiger partial charge in [0.25, 0.3) is 0 Å². The highest BCUT2D eigenvalue weighted by Crippen LogP contribution is 2.31. The van der Waals surface area contributed by atoms with Crippen molar-refractivity contribution in [1.82, 2.24) is 0 Å². The molecule has 1 N–H and O–H groups in total. The Labute approximate surface area is 124 Å². The van der Waals surface area contributed by atoms with E-state index in [1.807, 2.05) is 18.2 Å². The van der Waals surface area contributed by atoms with Gasteiger partial charge in [-0.1, -0.05) is 46.6 Å². The van der Waals surface area contributed by atoms with Crippen LogP contribution in [0.5, 0.6) is 5.75 Å². The normalized spacial score (nSPS) is 15.2. The Hall–Kier alpha value is -2.29. The van der Waals surface area contributed by atoms with Crippen molar-refractivity contribution < 1.29 is 9.94 Å². The molecule has 3 rings (SSSR count). The van der Waals surface area contributed by atoms with Gasteiger partial charge in [0, 0.05) is 11.1 Å². The summed E-state index contributed by atoms with van der Waals surface area (Å²) in [4.78, 5) is 0. The number of nitrogens with zero attached hydrogens (tertiary/aromatic N) is 1. The molecule has 0 fully saturated rings. The molecule has 0 saturated heterocycles. The highest BCUT2D eigenvalue weighted by molar-refractivity contribution is 6.04. The second-order valence-corrected chi connectivity index (χ2v) is 5.61. The minimum atomic E-state index is 0.560. The van der Waals surface area contributed by atoms with Crippen LogP contribution in [0.15, 0.2) is 41.6 Å². The van der Waals surface area contributed by atoms with E-state index >= 15 is 0 Å². The van der Waals surface area contributed by atoms with Crippen molar-refractivity contribution >= 4 is 5.71 Å². The van der Waals surface area contributed by atoms with Gasteiger partial charge in [-0.15, -0.1) is 0 Å². The fraction of sp³-hybridized carbons (Fsp3) is 0.278. The highest BCUT2D eigenvalue weighted by atomic mass is 16.5. The van der Waals surface area contributed by atoms with Crippen molar-refractivity contribution in [3.63, 3.8) is 0 Å². The fourth-order valence-electron chi connectivity index (χ4n) is 3.02. The Morgan fingerprint density at radius 3 is 2.57 bits per heavy atom. The quantitative estimate of drug-likeness (QED) is 0.682. The molecule has 0 aliphatic heterocycles. The Morgan fingerprint density at radius 2 is 1.86 bits per heavy atom. The lowest BCUT2D eigenvalue weighted by atomic mass is 10.1. The third-order valence-corrected chi connectivity index (χ3v) is 3.85. The minimum absolute atomic E-state index is 0.560. The van der Waals surface area contributed by atoms with E-state index in [-0.39, 0.29) is 0 Å². The monoisotopic (exact) mass is 281 g/mol. The first kappa shape index (κ1) is 13.7. The molecule has 1 aliphatic rings. The lowest BCUT2D eigenvalue weighted by molar-refractivity contribution is 0.303. The van der Waals surface area contributed by atoms with E-state index in [4.69, 9.17) is 9.94 Å². The van der Waals surface area contributed by atoms with E-state index in [2.05, 4.69) is 37.2 Å². The first-order valence-electron chi connectivity index (χ1n) is 7.20. The molecule has 2 aromatic rings. The van der Waals surface area contributed by atoms with Crippen LogP contribution in [-0.4, -0.2) is 10.9 Å². The number of hydrogen-bond donors (Lipinski definition) is 1. The summed E-state index contributed by atoms with van der Waals surface area (Å²) in [5.74, 6) is 0.894. The van der Waals surface area contributed by atoms with Crippen LogP contribution in [-0.2, 0) is 13.0 Å². The van der Waals surface area contributed by atoms with Crippen LogP contribution in [0.1, 0.15) is 34.2 Å². The maximum Gasteiger partial charge on any atom is 0.123 e. The van der Waals surface area contributed by atoms with Crippen LogP contribution in [0.3, 0.4) is 0 Å². The van der Waals surface area contributed by atoms with E-state index in [0.29, 0.717) is 6.61 Å². The molecule has 0 radical (unpaired) electrons. The van der Waals surface area contributed by atoms with Crippen molar-refractivity contribution in [3.05, 3.63) is 64.2 Å². The lowest BCUT2D eigenvalue weighted by Gasteiger charge is -2.11. The average molecular weight is 281 g/mol. The number of hydrogen-bond acceptors (Lipinski definition) is 3. The number of fused-ring (bicyclic) bond motifs is 1. The SMILES string of the molecule is Cc1cc(C)cc(COc2cccc3c2CCC3=NO)c1. The predicted molar refractivity (Wildman–Crippen MR) is 83.3 cm³/mol. The number of rotatable bonds is 3. The third-order valence-electron chi connectivity index (χ3n) is 3.85. The third kappa shape index (κ3) is 2.77. The summed E-state index contributed by atoms with van der Waals surface area (Å²) in [5.41, 5.74) is 6.59. The predicted octanol–water partition coefficient (Wildman–Crippen LogP) is 4.01. The van der Waals surface area contributed by atoms with Gasteiger partial charge in [0.15, 0.2) is 0 Å². The van der Waals surface area contributed by atoms with Gasteiger partial charge < -0.3 is 9.94 Å². The molecular formula is C18H19NO2. The molecule has 2 aromatic carbocycles. The minimum Gasteiger partial charge on any atom is -0.489 e. The van der Waals surface area contributed by atoms with E-state index in [0.717, 1.165) is 35.4 Å². The van der Waals surface area contributed by atoms with E-state index in [1.54, 1.807) is 0 Å². The molecule has 0 bridgehead atoms. The van der Waals surface area contributed by atoms with Crippen molar-refractivity contribution in [2.45, 2.75) is 33.3 Å². The average Bonchev–Trinajstić information content (AvgIpc) is 2.87. The second-order valence-electron chi connectivity index (χ2n) is 5.61. The first-order chi connectivity index (χ1) is 10.2. The van der Waals surface area contributed by atoms with Crippen LogP contribution >= 0.6 is 0 Å². The van der Waals surface area contributed by atoms with Crippen molar-refractivity contribution in [1.29, 1.82) is 0 Å². The van der Waals surface area contributed by atoms with Crippen LogP contribution in [0.25, 0.3) is 0 Å². The molecule has 108 valence electrons. The van der Waals surface area contributed by atoms with E-state index in [1.165, 1.54) is 16.7 Å². The first-order valence-corrected chi connectivity index (χ1v) is 7.20. The molecule has 3 heteroatoms. The van der Waals surface area contributed by atoms with Gasteiger partial charge >= 0.3 is 0 Å². The van der Waals surface area contributed by atoms with Gasteiger partial charge in [-0.05, 0) is 38.3 Å². The van der Waals surface area contributed by atoms with Crippen molar-refractivity contribution in [2.75, 3.05) is 0 Å². The molecule has 0 saturated carbocycles. The van der Waals surface area contributed by atoms with Gasteiger partial charge in [0.1, 0.15) is 12.4 Å². The number of ether oxygens (including phenoxy) is 1. The standard InChI is InChI=1S/C18H19NO2/c1-12-8-13(2)10-14(9-12)11-21-18-5-3-4-15-16(18)6-7-17(15)19-20/h3-5,8-10,20H,6-7,11H2,1-2H3. The zero-order valence-corrected chi connectivity index (χ0v) is 12.4. The lowest BCUT2D eigenvalue weighted by Crippen LogP contribution is -2.00. The molecule has 1 aliphatic carbocycles. The summed E-state index contributed by atoms with van der Waals surface area (Å²) >= 11 is 0. The summed E-state index contributed by atoms with van der Waals surface area (Å²) in [6, 6.07) is 12.4. The number of oxime groups is 1. The van der Waals surface area contributed by atoms with Gasteiger partial charge in [0.05, 0.1) is 5.71 Å². The summed E-state index contributed by atoms with van der Waals surface area (Å²) < 4.78 is 6.00. The van der Waals surface area contributed by atoms with Crippen LogP contribution in [0, 0.1) is 13.8 Å². The molecule has 0 atom stereocenters. The Bertz CT molecular complexity index is 684. The molecule has 0 heterocycles.